The number of benzene rings is 5. The Bertz CT molecular complexity index is 3220. The topological polar surface area (TPSA) is 251 Å². The third-order valence-electron chi connectivity index (χ3n) is 17.8. The average molecular weight is 1660 g/mol. The van der Waals surface area contributed by atoms with Gasteiger partial charge >= 0.3 is 76.8 Å². The molecule has 0 radical (unpaired) electrons. The molecule has 0 aromatic heterocycles. The molecule has 6 heterocycles. The van der Waals surface area contributed by atoms with Crippen LogP contribution in [0.4, 0.5) is 4.79 Å². The Hall–Kier alpha value is -4.56. The molecule has 11 rings (SSSR count). The van der Waals surface area contributed by atoms with Crippen molar-refractivity contribution in [1.29, 1.82) is 0 Å². The van der Waals surface area contributed by atoms with Crippen LogP contribution in [0, 0.1) is 0 Å². The van der Waals surface area contributed by atoms with Crippen molar-refractivity contribution in [2.45, 2.75) is 175 Å². The summed E-state index contributed by atoms with van der Waals surface area (Å²) in [6, 6.07) is 38.4. The summed E-state index contributed by atoms with van der Waals surface area (Å²) in [6.07, 6.45) is 19.8. The Labute approximate surface area is 650 Å². The molecule has 0 atom stereocenters. The third kappa shape index (κ3) is 28.5. The Balaban J connectivity index is 0.631. The van der Waals surface area contributed by atoms with E-state index >= 15 is 0 Å². The van der Waals surface area contributed by atoms with Crippen LogP contribution < -0.4 is 33.7 Å². The van der Waals surface area contributed by atoms with E-state index in [1.165, 1.54) is 89.9 Å². The summed E-state index contributed by atoms with van der Waals surface area (Å²) >= 11 is 0. The van der Waals surface area contributed by atoms with E-state index in [9.17, 15) is 4.79 Å². The van der Waals surface area contributed by atoms with Gasteiger partial charge in [0.1, 0.15) is 67.5 Å². The first kappa shape index (κ1) is 85.9. The van der Waals surface area contributed by atoms with Gasteiger partial charge in [-0.1, -0.05) is 152 Å². The van der Waals surface area contributed by atoms with Crippen LogP contribution in [0.1, 0.15) is 122 Å². The Kier molecular flexibility index (Phi) is 33.8. The predicted molar refractivity (Wildman–Crippen MR) is 424 cm³/mol. The highest BCUT2D eigenvalue weighted by molar-refractivity contribution is 7.02. The molecule has 6 fully saturated rings. The quantitative estimate of drug-likeness (QED) is 0.0280. The number of amides is 1. The first-order valence-corrected chi connectivity index (χ1v) is 57.5. The van der Waals surface area contributed by atoms with Gasteiger partial charge in [0.05, 0.1) is 66.1 Å². The van der Waals surface area contributed by atoms with Crippen molar-refractivity contribution in [3.63, 3.8) is 0 Å². The minimum absolute atomic E-state index is 0.0973. The van der Waals surface area contributed by atoms with Gasteiger partial charge in [0.15, 0.2) is 9.76 Å². The molecule has 5 aromatic carbocycles. The molecule has 108 heavy (non-hydrogen) atoms. The molecular weight excluding hydrogens is 1540 g/mol. The van der Waals surface area contributed by atoms with E-state index < -0.39 is 86.5 Å². The van der Waals surface area contributed by atoms with Crippen LogP contribution in [-0.4, -0.2) is 186 Å². The zero-order chi connectivity index (χ0) is 76.1. The molecule has 5 aromatic rings. The maximum absolute atomic E-state index is 13.3. The number of carbonyl (C=O) groups is 1. The maximum atomic E-state index is 13.3. The maximum Gasteiger partial charge on any atom is 0.646 e. The summed E-state index contributed by atoms with van der Waals surface area (Å²) in [5.41, 5.74) is 5.05. The van der Waals surface area contributed by atoms with Crippen LogP contribution in [0.2, 0.25) is 51.9 Å². The van der Waals surface area contributed by atoms with Gasteiger partial charge in [0, 0.05) is 58.4 Å². The molecule has 6 saturated heterocycles. The number of nitrogens with one attached hydrogen (secondary N) is 1. The van der Waals surface area contributed by atoms with Crippen molar-refractivity contribution < 1.29 is 110 Å². The zero-order valence-corrected chi connectivity index (χ0v) is 74.1. The molecule has 0 unspecified atom stereocenters. The minimum Gasteiger partial charge on any atom is -0.494 e. The molecule has 6 aliphatic heterocycles. The molecule has 598 valence electrons. The van der Waals surface area contributed by atoms with Gasteiger partial charge in [-0.05, 0) is 107 Å². The summed E-state index contributed by atoms with van der Waals surface area (Å²) in [6.45, 7) is 22.1. The number of unbranched alkanes of at least 4 members (excludes halogenated alkanes) is 14. The molecule has 8 bridgehead atoms. The van der Waals surface area contributed by atoms with E-state index in [0.717, 1.165) is 71.3 Å². The number of carbonyl (C=O) groups excluding carboxylic acids is 1. The normalized spacial score (nSPS) is 25.6. The number of ether oxygens (including phenoxy) is 11. The smallest absolute Gasteiger partial charge is 0.494 e. The largest absolute Gasteiger partial charge is 0.646 e. The van der Waals surface area contributed by atoms with Crippen LogP contribution in [0.25, 0.3) is 22.3 Å². The highest BCUT2D eigenvalue weighted by atomic mass is 28.6. The average Bonchev–Trinajstić information content (AvgIpc) is 0.700. The van der Waals surface area contributed by atoms with Crippen molar-refractivity contribution in [3.8, 4) is 56.8 Å². The number of rotatable bonds is 51. The van der Waals surface area contributed by atoms with Crippen molar-refractivity contribution in [1.82, 2.24) is 5.32 Å². The lowest BCUT2D eigenvalue weighted by Gasteiger charge is -2.60. The third-order valence-corrected chi connectivity index (χ3v) is 54.8. The molecule has 35 heteroatoms. The molecule has 0 aliphatic carbocycles. The minimum atomic E-state index is -4.33. The standard InChI is InChI=1S/C73H115NO25Si9/c1-10-12-14-16-18-20-22-24-43-80-67-34-26-63(27-35-67)65-30-38-69(39-31-65)82-53-49-76-45-47-78-51-55-84-71-58-62(59-72(60-71)85-56-52-79-48-46-77-50-54-83-70-40-32-66(33-41-70)64-28-36-68(37-29-64)81-44-25-23-21-19-17-15-13-11-2)61-86-73(75)74-42-57-100-87-108-97-105(7)91-102(4)88-101(3)89-103(5,93-105)95-107(9,99-108)96-104(6,90-101)94-106(8,92-102)98-108/h26-41,58-60H,10-25,42-57,61,100H2,1-9H3,(H,74,75). The monoisotopic (exact) mass is 1660 g/mol. The SMILES string of the molecule is CCCCCCCCCCOc1ccc(-c2ccc(OCCOCCOCCOc3cc(COC(=O)NCC[SiH2]O[Si]45O[Si]6(C)O[Si]7(C)O[Si]8(C)O[Si](C)(O6)O[Si](C)(O[Si](C)(O8)O[Si](C)(O7)O4)O5)cc(OCCOCCOCCOc4ccc(-c5ccc(OCCCCCCCCCC)cc5)cc4)c3)cc2)cc1. The molecule has 0 spiro atoms. The van der Waals surface area contributed by atoms with Gasteiger partial charge in [0.2, 0.25) is 0 Å². The van der Waals surface area contributed by atoms with Gasteiger partial charge in [0.25, 0.3) is 0 Å². The van der Waals surface area contributed by atoms with Crippen LogP contribution >= 0.6 is 0 Å². The Morgan fingerprint density at radius 3 is 0.907 bits per heavy atom. The first-order chi connectivity index (χ1) is 52.2. The fraction of sp³-hybridized carbons (Fsp3) is 0.575. The van der Waals surface area contributed by atoms with Gasteiger partial charge in [-0.15, -0.1) is 0 Å². The lowest BCUT2D eigenvalue weighted by Crippen LogP contribution is -2.86. The summed E-state index contributed by atoms with van der Waals surface area (Å²) in [5, 5.41) is 2.83. The molecule has 0 saturated carbocycles. The van der Waals surface area contributed by atoms with Gasteiger partial charge in [-0.2, -0.15) is 0 Å². The van der Waals surface area contributed by atoms with Crippen LogP contribution in [0.5, 0.6) is 34.5 Å². The highest BCUT2D eigenvalue weighted by Gasteiger charge is 2.80. The molecule has 26 nitrogen and oxygen atoms in total. The van der Waals surface area contributed by atoms with Crippen LogP contribution in [0.15, 0.2) is 115 Å². The lowest BCUT2D eigenvalue weighted by molar-refractivity contribution is -0.0364. The van der Waals surface area contributed by atoms with Crippen molar-refractivity contribution in [2.24, 2.45) is 0 Å². The van der Waals surface area contributed by atoms with E-state index in [2.05, 4.69) is 67.7 Å². The van der Waals surface area contributed by atoms with Gasteiger partial charge in [-0.3, -0.25) is 0 Å². The van der Waals surface area contributed by atoms with Crippen molar-refractivity contribution >= 4 is 86.5 Å². The molecule has 1 amide bonds. The Morgan fingerprint density at radius 1 is 0.324 bits per heavy atom. The van der Waals surface area contributed by atoms with Gasteiger partial charge in [-0.25, -0.2) is 4.79 Å². The van der Waals surface area contributed by atoms with E-state index in [1.807, 2.05) is 48.5 Å². The zero-order valence-electron chi connectivity index (χ0n) is 64.7. The lowest BCUT2D eigenvalue weighted by atomic mass is 10.1. The second-order valence-electron chi connectivity index (χ2n) is 27.9. The van der Waals surface area contributed by atoms with E-state index in [4.69, 9.17) is 106 Å². The summed E-state index contributed by atoms with van der Waals surface area (Å²) in [4.78, 5) is 13.3. The Morgan fingerprint density at radius 2 is 0.593 bits per heavy atom. The van der Waals surface area contributed by atoms with E-state index in [-0.39, 0.29) is 26.4 Å². The second-order valence-corrected chi connectivity index (χ2v) is 53.0. The first-order valence-electron chi connectivity index (χ1n) is 38.7. The van der Waals surface area contributed by atoms with E-state index in [0.29, 0.717) is 89.2 Å². The molecule has 1 N–H and O–H groups in total. The van der Waals surface area contributed by atoms with Crippen molar-refractivity contribution in [3.05, 3.63) is 121 Å². The second kappa shape index (κ2) is 42.5. The fourth-order valence-corrected chi connectivity index (χ4v) is 60.1. The predicted octanol–water partition coefficient (Wildman–Crippen LogP) is 14.5. The summed E-state index contributed by atoms with van der Waals surface area (Å²) in [5.74, 6) is 4.31. The fourth-order valence-electron chi connectivity index (χ4n) is 13.2. The summed E-state index contributed by atoms with van der Waals surface area (Å²) < 4.78 is 152. The van der Waals surface area contributed by atoms with Crippen molar-refractivity contribution in [2.75, 3.05) is 99.0 Å². The molecule has 6 aliphatic rings. The summed E-state index contributed by atoms with van der Waals surface area (Å²) in [7, 11) is -32.3. The van der Waals surface area contributed by atoms with Crippen LogP contribution in [0.3, 0.4) is 0 Å². The van der Waals surface area contributed by atoms with E-state index in [1.54, 1.807) is 64.0 Å². The van der Waals surface area contributed by atoms with Crippen LogP contribution in [-0.2, 0) is 83.8 Å². The van der Waals surface area contributed by atoms with Gasteiger partial charge < -0.3 is 111 Å². The highest BCUT2D eigenvalue weighted by Crippen LogP contribution is 2.48. The molecular formula is C73H115NO25Si9. The number of alkyl carbamates (subject to hydrolysis) is 1. The number of hydrogen-bond donors (Lipinski definition) is 1. The number of hydrogen-bond acceptors (Lipinski definition) is 25.